The van der Waals surface area contributed by atoms with E-state index in [1.165, 1.54) is 0 Å². The van der Waals surface area contributed by atoms with Gasteiger partial charge in [-0.2, -0.15) is 0 Å². The molecule has 0 atom stereocenters. The van der Waals surface area contributed by atoms with Gasteiger partial charge in [-0.15, -0.1) is 0 Å². The second-order valence-electron chi connectivity index (χ2n) is 6.15. The van der Waals surface area contributed by atoms with Crippen molar-refractivity contribution in [3.05, 3.63) is 24.3 Å². The van der Waals surface area contributed by atoms with Gasteiger partial charge in [-0.1, -0.05) is 0 Å². The summed E-state index contributed by atoms with van der Waals surface area (Å²) in [6, 6.07) is 7.45. The highest BCUT2D eigenvalue weighted by molar-refractivity contribution is 6.04. The van der Waals surface area contributed by atoms with Gasteiger partial charge >= 0.3 is 0 Å². The molecule has 0 aliphatic heterocycles. The van der Waals surface area contributed by atoms with Gasteiger partial charge in [0.1, 0.15) is 23.5 Å². The van der Waals surface area contributed by atoms with Crippen LogP contribution >= 0.6 is 0 Å². The molecule has 1 aliphatic rings. The minimum Gasteiger partial charge on any atom is -0.497 e. The molecular weight excluding hydrogens is 296 g/mol. The van der Waals surface area contributed by atoms with E-state index in [0.29, 0.717) is 18.9 Å². The van der Waals surface area contributed by atoms with E-state index in [-0.39, 0.29) is 17.9 Å². The molecule has 0 bridgehead atoms. The number of nitrogens with one attached hydrogen (secondary N) is 2. The smallest absolute Gasteiger partial charge is 0.235 e. The third-order valence-corrected chi connectivity index (χ3v) is 3.76. The number of rotatable bonds is 8. The molecule has 2 N–H and O–H groups in total. The lowest BCUT2D eigenvalue weighted by molar-refractivity contribution is -0.141. The van der Waals surface area contributed by atoms with Gasteiger partial charge in [0.05, 0.1) is 13.7 Å². The van der Waals surface area contributed by atoms with E-state index in [1.54, 1.807) is 45.2 Å². The van der Waals surface area contributed by atoms with Crippen molar-refractivity contribution in [2.24, 2.45) is 5.41 Å². The third kappa shape index (κ3) is 4.87. The van der Waals surface area contributed by atoms with Crippen molar-refractivity contribution >= 4 is 11.8 Å². The summed E-state index contributed by atoms with van der Waals surface area (Å²) in [7, 11) is 1.60. The van der Waals surface area contributed by atoms with E-state index in [1.807, 2.05) is 0 Å². The molecule has 0 unspecified atom stereocenters. The SMILES string of the molecule is COc1ccc(OCCNC(=O)C(C)(C)C(=O)NC2CC2)cc1. The van der Waals surface area contributed by atoms with Crippen molar-refractivity contribution in [2.45, 2.75) is 32.7 Å². The first kappa shape index (κ1) is 17.1. The summed E-state index contributed by atoms with van der Waals surface area (Å²) in [5.41, 5.74) is -1.08. The van der Waals surface area contributed by atoms with Crippen LogP contribution in [0.1, 0.15) is 26.7 Å². The zero-order chi connectivity index (χ0) is 16.9. The molecule has 0 spiro atoms. The van der Waals surface area contributed by atoms with Crippen LogP contribution in [-0.2, 0) is 9.59 Å². The van der Waals surface area contributed by atoms with Gasteiger partial charge in [-0.25, -0.2) is 0 Å². The zero-order valence-electron chi connectivity index (χ0n) is 13.8. The van der Waals surface area contributed by atoms with E-state index < -0.39 is 5.41 Å². The quantitative estimate of drug-likeness (QED) is 0.562. The summed E-state index contributed by atoms with van der Waals surface area (Å²) in [6.07, 6.45) is 2.00. The Labute approximate surface area is 136 Å². The first-order valence-corrected chi connectivity index (χ1v) is 7.79. The molecule has 23 heavy (non-hydrogen) atoms. The van der Waals surface area contributed by atoms with Crippen LogP contribution < -0.4 is 20.1 Å². The van der Waals surface area contributed by atoms with E-state index in [9.17, 15) is 9.59 Å². The number of hydrogen-bond donors (Lipinski definition) is 2. The Kier molecular flexibility index (Phi) is 5.47. The van der Waals surface area contributed by atoms with Gasteiger partial charge in [-0.3, -0.25) is 9.59 Å². The van der Waals surface area contributed by atoms with Crippen LogP contribution in [0.25, 0.3) is 0 Å². The molecule has 6 heteroatoms. The summed E-state index contributed by atoms with van der Waals surface area (Å²) in [5, 5.41) is 5.60. The zero-order valence-corrected chi connectivity index (χ0v) is 13.8. The number of hydrogen-bond acceptors (Lipinski definition) is 4. The highest BCUT2D eigenvalue weighted by Crippen LogP contribution is 2.23. The van der Waals surface area contributed by atoms with Crippen LogP contribution in [0.2, 0.25) is 0 Å². The van der Waals surface area contributed by atoms with Gasteiger partial charge in [0.25, 0.3) is 0 Å². The predicted molar refractivity (Wildman–Crippen MR) is 86.4 cm³/mol. The normalized spacial score (nSPS) is 14.0. The Morgan fingerprint density at radius 3 is 2.30 bits per heavy atom. The lowest BCUT2D eigenvalue weighted by Crippen LogP contribution is -2.49. The molecule has 0 aromatic heterocycles. The molecule has 1 aromatic carbocycles. The maximum Gasteiger partial charge on any atom is 0.235 e. The fourth-order valence-corrected chi connectivity index (χ4v) is 1.92. The van der Waals surface area contributed by atoms with E-state index in [2.05, 4.69) is 10.6 Å². The van der Waals surface area contributed by atoms with Gasteiger partial charge in [0.2, 0.25) is 11.8 Å². The van der Waals surface area contributed by atoms with Crippen molar-refractivity contribution in [1.29, 1.82) is 0 Å². The Morgan fingerprint density at radius 1 is 1.13 bits per heavy atom. The van der Waals surface area contributed by atoms with E-state index in [4.69, 9.17) is 9.47 Å². The number of carbonyl (C=O) groups excluding carboxylic acids is 2. The van der Waals surface area contributed by atoms with Crippen LogP contribution in [0.15, 0.2) is 24.3 Å². The lowest BCUT2D eigenvalue weighted by atomic mass is 9.91. The molecular formula is C17H24N2O4. The largest absolute Gasteiger partial charge is 0.497 e. The Morgan fingerprint density at radius 2 is 1.74 bits per heavy atom. The number of benzene rings is 1. The molecule has 1 fully saturated rings. The maximum absolute atomic E-state index is 12.2. The fraction of sp³-hybridized carbons (Fsp3) is 0.529. The first-order chi connectivity index (χ1) is 10.9. The summed E-state index contributed by atoms with van der Waals surface area (Å²) in [6.45, 7) is 3.93. The minimum absolute atomic E-state index is 0.228. The molecule has 1 aliphatic carbocycles. The van der Waals surface area contributed by atoms with Crippen molar-refractivity contribution < 1.29 is 19.1 Å². The summed E-state index contributed by atoms with van der Waals surface area (Å²) >= 11 is 0. The number of methoxy groups -OCH3 is 1. The predicted octanol–water partition coefficient (Wildman–Crippen LogP) is 1.49. The van der Waals surface area contributed by atoms with Gasteiger partial charge < -0.3 is 20.1 Å². The van der Waals surface area contributed by atoms with Crippen molar-refractivity contribution in [3.8, 4) is 11.5 Å². The van der Waals surface area contributed by atoms with Gasteiger partial charge in [-0.05, 0) is 51.0 Å². The van der Waals surface area contributed by atoms with Crippen molar-refractivity contribution in [2.75, 3.05) is 20.3 Å². The summed E-state index contributed by atoms with van der Waals surface area (Å²) < 4.78 is 10.6. The van der Waals surface area contributed by atoms with Crippen molar-refractivity contribution in [3.63, 3.8) is 0 Å². The minimum atomic E-state index is -1.08. The molecule has 0 radical (unpaired) electrons. The lowest BCUT2D eigenvalue weighted by Gasteiger charge is -2.22. The molecule has 126 valence electrons. The van der Waals surface area contributed by atoms with Crippen LogP contribution in [0.3, 0.4) is 0 Å². The van der Waals surface area contributed by atoms with Crippen LogP contribution in [-0.4, -0.2) is 38.1 Å². The molecule has 2 rings (SSSR count). The molecule has 6 nitrogen and oxygen atoms in total. The Balaban J connectivity index is 1.71. The van der Waals surface area contributed by atoms with Crippen LogP contribution in [0.5, 0.6) is 11.5 Å². The number of carbonyl (C=O) groups is 2. The van der Waals surface area contributed by atoms with E-state index >= 15 is 0 Å². The van der Waals surface area contributed by atoms with Crippen LogP contribution in [0.4, 0.5) is 0 Å². The maximum atomic E-state index is 12.2. The molecule has 1 saturated carbocycles. The second-order valence-corrected chi connectivity index (χ2v) is 6.15. The molecule has 2 amide bonds. The monoisotopic (exact) mass is 320 g/mol. The number of ether oxygens (including phenoxy) is 2. The molecule has 0 saturated heterocycles. The third-order valence-electron chi connectivity index (χ3n) is 3.76. The summed E-state index contributed by atoms with van der Waals surface area (Å²) in [4.78, 5) is 24.2. The first-order valence-electron chi connectivity index (χ1n) is 7.79. The highest BCUT2D eigenvalue weighted by Gasteiger charge is 2.38. The van der Waals surface area contributed by atoms with Gasteiger partial charge in [0, 0.05) is 6.04 Å². The van der Waals surface area contributed by atoms with E-state index in [0.717, 1.165) is 18.6 Å². The highest BCUT2D eigenvalue weighted by atomic mass is 16.5. The Bertz CT molecular complexity index is 550. The van der Waals surface area contributed by atoms with Crippen molar-refractivity contribution in [1.82, 2.24) is 10.6 Å². The standard InChI is InChI=1S/C17H24N2O4/c1-17(2,16(21)19-12-4-5-12)15(20)18-10-11-23-14-8-6-13(22-3)7-9-14/h6-9,12H,4-5,10-11H2,1-3H3,(H,18,20)(H,19,21). The van der Waals surface area contributed by atoms with Gasteiger partial charge in [0.15, 0.2) is 0 Å². The summed E-state index contributed by atoms with van der Waals surface area (Å²) in [5.74, 6) is 0.933. The average molecular weight is 320 g/mol. The van der Waals surface area contributed by atoms with Crippen LogP contribution in [0, 0.1) is 5.41 Å². The number of amides is 2. The topological polar surface area (TPSA) is 76.7 Å². The molecule has 0 heterocycles. The fourth-order valence-electron chi connectivity index (χ4n) is 1.92. The average Bonchev–Trinajstić information content (AvgIpc) is 3.35. The molecule has 1 aromatic rings. The second kappa shape index (κ2) is 7.35. The Hall–Kier alpha value is -2.24.